The van der Waals surface area contributed by atoms with Crippen LogP contribution in [0.4, 0.5) is 0 Å². The number of hydrogen-bond donors (Lipinski definition) is 2. The van der Waals surface area contributed by atoms with Crippen LogP contribution < -0.4 is 0 Å². The standard InChI is InChI=1S/C30H50O2/c1-19(2)17-21(31)18-20(3)22-11-15-30(8)24-9-10-25-27(4,5)26(32)13-14-28(25,6)23(24)12-16-29(22,30)7/h9,17,20-23,25-26,31-32H,10-16,18H2,1-8H3. The van der Waals surface area contributed by atoms with Crippen molar-refractivity contribution in [3.05, 3.63) is 23.3 Å². The Balaban J connectivity index is 1.63. The molecule has 0 spiro atoms. The van der Waals surface area contributed by atoms with Crippen LogP contribution in [-0.2, 0) is 0 Å². The van der Waals surface area contributed by atoms with E-state index in [0.29, 0.717) is 34.5 Å². The van der Waals surface area contributed by atoms with Gasteiger partial charge < -0.3 is 10.2 Å². The molecule has 2 N–H and O–H groups in total. The van der Waals surface area contributed by atoms with Crippen LogP contribution >= 0.6 is 0 Å². The summed E-state index contributed by atoms with van der Waals surface area (Å²) in [4.78, 5) is 0. The average Bonchev–Trinajstić information content (AvgIpc) is 2.96. The Hall–Kier alpha value is -0.600. The molecule has 0 radical (unpaired) electrons. The molecule has 9 unspecified atom stereocenters. The number of fused-ring (bicyclic) bond motifs is 5. The monoisotopic (exact) mass is 442 g/mol. The molecular weight excluding hydrogens is 392 g/mol. The Morgan fingerprint density at radius 2 is 1.75 bits per heavy atom. The lowest BCUT2D eigenvalue weighted by molar-refractivity contribution is -0.131. The molecule has 0 aromatic heterocycles. The van der Waals surface area contributed by atoms with Gasteiger partial charge in [-0.3, -0.25) is 0 Å². The van der Waals surface area contributed by atoms with E-state index in [1.54, 1.807) is 5.57 Å². The van der Waals surface area contributed by atoms with Crippen molar-refractivity contribution >= 4 is 0 Å². The van der Waals surface area contributed by atoms with Crippen LogP contribution in [0.5, 0.6) is 0 Å². The number of hydrogen-bond acceptors (Lipinski definition) is 2. The van der Waals surface area contributed by atoms with Gasteiger partial charge in [0.1, 0.15) is 0 Å². The Morgan fingerprint density at radius 1 is 1.06 bits per heavy atom. The summed E-state index contributed by atoms with van der Waals surface area (Å²) in [5, 5.41) is 21.4. The van der Waals surface area contributed by atoms with Crippen molar-refractivity contribution in [3.8, 4) is 0 Å². The molecule has 9 atom stereocenters. The summed E-state index contributed by atoms with van der Waals surface area (Å²) in [6.45, 7) is 18.9. The SMILES string of the molecule is CC(C)=CC(O)CC(C)C1CCC2(C)C3=CCC4C(C)(C)C(O)CCC4(C)C3CCC12C. The van der Waals surface area contributed by atoms with E-state index in [0.717, 1.165) is 19.3 Å². The second-order valence-corrected chi connectivity index (χ2v) is 13.8. The van der Waals surface area contributed by atoms with Crippen molar-refractivity contribution in [1.29, 1.82) is 0 Å². The maximum Gasteiger partial charge on any atom is 0.0726 e. The van der Waals surface area contributed by atoms with E-state index in [1.807, 2.05) is 6.08 Å². The Labute approximate surface area is 198 Å². The summed E-state index contributed by atoms with van der Waals surface area (Å²) in [7, 11) is 0. The van der Waals surface area contributed by atoms with Crippen molar-refractivity contribution in [1.82, 2.24) is 0 Å². The minimum absolute atomic E-state index is 0.00444. The van der Waals surface area contributed by atoms with Gasteiger partial charge in [0.05, 0.1) is 12.2 Å². The first-order valence-electron chi connectivity index (χ1n) is 13.5. The number of aliphatic hydroxyl groups is 2. The third kappa shape index (κ3) is 3.41. The Bertz CT molecular complexity index is 789. The summed E-state index contributed by atoms with van der Waals surface area (Å²) in [5.74, 6) is 2.48. The van der Waals surface area contributed by atoms with Crippen LogP contribution in [0, 0.1) is 45.3 Å². The van der Waals surface area contributed by atoms with E-state index in [9.17, 15) is 10.2 Å². The van der Waals surface area contributed by atoms with Crippen LogP contribution in [0.2, 0.25) is 0 Å². The van der Waals surface area contributed by atoms with Crippen molar-refractivity contribution in [2.24, 2.45) is 45.3 Å². The zero-order valence-electron chi connectivity index (χ0n) is 22.2. The molecule has 2 nitrogen and oxygen atoms in total. The number of allylic oxidation sites excluding steroid dienone is 3. The molecule has 0 aromatic carbocycles. The third-order valence-electron chi connectivity index (χ3n) is 11.7. The summed E-state index contributed by atoms with van der Waals surface area (Å²) in [6, 6.07) is 0. The highest BCUT2D eigenvalue weighted by atomic mass is 16.3. The molecule has 4 rings (SSSR count). The van der Waals surface area contributed by atoms with E-state index in [4.69, 9.17) is 0 Å². The lowest BCUT2D eigenvalue weighted by atomic mass is 9.41. The van der Waals surface area contributed by atoms with Crippen molar-refractivity contribution in [2.75, 3.05) is 0 Å². The summed E-state index contributed by atoms with van der Waals surface area (Å²) in [5.41, 5.74) is 3.92. The normalized spacial score (nSPS) is 46.9. The van der Waals surface area contributed by atoms with Crippen molar-refractivity contribution in [2.45, 2.75) is 119 Å². The summed E-state index contributed by atoms with van der Waals surface area (Å²) in [6.07, 6.45) is 13.6. The average molecular weight is 443 g/mol. The second-order valence-electron chi connectivity index (χ2n) is 13.8. The molecule has 32 heavy (non-hydrogen) atoms. The smallest absolute Gasteiger partial charge is 0.0726 e. The van der Waals surface area contributed by atoms with E-state index in [2.05, 4.69) is 61.5 Å². The fourth-order valence-corrected chi connectivity index (χ4v) is 9.65. The minimum atomic E-state index is -0.314. The van der Waals surface area contributed by atoms with Gasteiger partial charge in [-0.2, -0.15) is 0 Å². The predicted octanol–water partition coefficient (Wildman–Crippen LogP) is 7.31. The number of rotatable bonds is 4. The Kier molecular flexibility index (Phi) is 6.11. The van der Waals surface area contributed by atoms with Crippen LogP contribution in [0.15, 0.2) is 23.3 Å². The zero-order valence-corrected chi connectivity index (χ0v) is 22.2. The quantitative estimate of drug-likeness (QED) is 0.448. The fourth-order valence-electron chi connectivity index (χ4n) is 9.65. The van der Waals surface area contributed by atoms with Crippen LogP contribution in [0.3, 0.4) is 0 Å². The zero-order chi connectivity index (χ0) is 23.7. The van der Waals surface area contributed by atoms with Gasteiger partial charge >= 0.3 is 0 Å². The van der Waals surface area contributed by atoms with Crippen molar-refractivity contribution < 1.29 is 10.2 Å². The topological polar surface area (TPSA) is 40.5 Å². The molecule has 2 heteroatoms. The van der Waals surface area contributed by atoms with Crippen LogP contribution in [0.1, 0.15) is 107 Å². The molecule has 0 aliphatic heterocycles. The fraction of sp³-hybridized carbons (Fsp3) is 0.867. The molecule has 182 valence electrons. The molecular formula is C30H50O2. The van der Waals surface area contributed by atoms with Gasteiger partial charge in [-0.1, -0.05) is 64.8 Å². The van der Waals surface area contributed by atoms with Crippen LogP contribution in [-0.4, -0.2) is 22.4 Å². The lowest BCUT2D eigenvalue weighted by Crippen LogP contribution is -2.58. The highest BCUT2D eigenvalue weighted by Gasteiger charge is 2.65. The van der Waals surface area contributed by atoms with E-state index < -0.39 is 0 Å². The minimum Gasteiger partial charge on any atom is -0.393 e. The Morgan fingerprint density at radius 3 is 2.41 bits per heavy atom. The highest BCUT2D eigenvalue weighted by Crippen LogP contribution is 2.73. The molecule has 3 fully saturated rings. The van der Waals surface area contributed by atoms with E-state index in [-0.39, 0.29) is 23.0 Å². The molecule has 4 aliphatic rings. The summed E-state index contributed by atoms with van der Waals surface area (Å²) < 4.78 is 0. The first-order chi connectivity index (χ1) is 14.8. The van der Waals surface area contributed by atoms with Gasteiger partial charge in [0.15, 0.2) is 0 Å². The van der Waals surface area contributed by atoms with Gasteiger partial charge in [-0.15, -0.1) is 0 Å². The molecule has 4 aliphatic carbocycles. The maximum absolute atomic E-state index is 10.8. The predicted molar refractivity (Wildman–Crippen MR) is 134 cm³/mol. The van der Waals surface area contributed by atoms with Gasteiger partial charge in [0, 0.05) is 0 Å². The first-order valence-corrected chi connectivity index (χ1v) is 13.5. The highest BCUT2D eigenvalue weighted by molar-refractivity contribution is 5.33. The van der Waals surface area contributed by atoms with E-state index >= 15 is 0 Å². The third-order valence-corrected chi connectivity index (χ3v) is 11.7. The van der Waals surface area contributed by atoms with Gasteiger partial charge in [0.25, 0.3) is 0 Å². The molecule has 0 amide bonds. The maximum atomic E-state index is 10.8. The number of aliphatic hydroxyl groups excluding tert-OH is 2. The second kappa shape index (κ2) is 7.98. The summed E-state index contributed by atoms with van der Waals surface area (Å²) >= 11 is 0. The lowest BCUT2D eigenvalue weighted by Gasteiger charge is -2.64. The molecule has 0 bridgehead atoms. The molecule has 3 saturated carbocycles. The largest absolute Gasteiger partial charge is 0.393 e. The van der Waals surface area contributed by atoms with Gasteiger partial charge in [-0.05, 0) is 111 Å². The molecule has 0 aromatic rings. The van der Waals surface area contributed by atoms with Crippen LogP contribution in [0.25, 0.3) is 0 Å². The van der Waals surface area contributed by atoms with Gasteiger partial charge in [0.2, 0.25) is 0 Å². The van der Waals surface area contributed by atoms with Gasteiger partial charge in [-0.25, -0.2) is 0 Å². The molecule has 0 saturated heterocycles. The van der Waals surface area contributed by atoms with Crippen molar-refractivity contribution in [3.63, 3.8) is 0 Å². The first kappa shape index (κ1) is 24.5. The van der Waals surface area contributed by atoms with E-state index in [1.165, 1.54) is 37.7 Å². The molecule has 0 heterocycles.